The smallest absolute Gasteiger partial charge is 0.255 e. The van der Waals surface area contributed by atoms with E-state index >= 15 is 0 Å². The van der Waals surface area contributed by atoms with Gasteiger partial charge in [0.25, 0.3) is 5.91 Å². The molecule has 0 aliphatic carbocycles. The highest BCUT2D eigenvalue weighted by atomic mass is 16.5. The number of carbonyl (C=O) groups is 1. The number of aryl methyl sites for hydroxylation is 2. The Hall–Kier alpha value is -3.27. The first-order valence-electron chi connectivity index (χ1n) is 10.5. The van der Waals surface area contributed by atoms with Crippen LogP contribution >= 0.6 is 0 Å². The van der Waals surface area contributed by atoms with Crippen LogP contribution in [0.4, 0.5) is 5.69 Å². The Bertz CT molecular complexity index is 914. The fraction of sp³-hybridized carbons (Fsp3) is 0.269. The van der Waals surface area contributed by atoms with Crippen molar-refractivity contribution in [3.05, 3.63) is 89.5 Å². The normalized spacial score (nSPS) is 10.5. The van der Waals surface area contributed by atoms with Crippen molar-refractivity contribution in [3.8, 4) is 11.5 Å². The van der Waals surface area contributed by atoms with E-state index in [-0.39, 0.29) is 5.91 Å². The summed E-state index contributed by atoms with van der Waals surface area (Å²) in [5.41, 5.74) is 3.86. The van der Waals surface area contributed by atoms with Crippen molar-refractivity contribution < 1.29 is 14.3 Å². The Morgan fingerprint density at radius 3 is 1.87 bits per heavy atom. The van der Waals surface area contributed by atoms with Crippen molar-refractivity contribution in [2.75, 3.05) is 18.5 Å². The average Bonchev–Trinajstić information content (AvgIpc) is 2.80. The number of hydrogen-bond donors (Lipinski definition) is 1. The van der Waals surface area contributed by atoms with Gasteiger partial charge >= 0.3 is 0 Å². The van der Waals surface area contributed by atoms with Gasteiger partial charge in [0.15, 0.2) is 0 Å². The van der Waals surface area contributed by atoms with Crippen LogP contribution in [0.25, 0.3) is 0 Å². The highest BCUT2D eigenvalue weighted by Gasteiger charge is 2.12. The SMILES string of the molecule is CCc1cccc(CC)c1NC(=O)c1ccc(OCCCOc2ccccc2)cc1. The number of rotatable bonds is 10. The number of nitrogens with one attached hydrogen (secondary N) is 1. The molecule has 0 aromatic heterocycles. The number of ether oxygens (including phenoxy) is 2. The third-order valence-corrected chi connectivity index (χ3v) is 4.92. The monoisotopic (exact) mass is 403 g/mol. The number of benzene rings is 3. The summed E-state index contributed by atoms with van der Waals surface area (Å²) in [6.45, 7) is 5.35. The van der Waals surface area contributed by atoms with Gasteiger partial charge in [-0.2, -0.15) is 0 Å². The van der Waals surface area contributed by atoms with Gasteiger partial charge in [0.1, 0.15) is 11.5 Å². The fourth-order valence-electron chi connectivity index (χ4n) is 3.25. The molecular weight excluding hydrogens is 374 g/mol. The molecule has 0 heterocycles. The van der Waals surface area contributed by atoms with Gasteiger partial charge in [0.2, 0.25) is 0 Å². The molecule has 0 saturated carbocycles. The lowest BCUT2D eigenvalue weighted by atomic mass is 10.0. The van der Waals surface area contributed by atoms with Gasteiger partial charge < -0.3 is 14.8 Å². The fourth-order valence-corrected chi connectivity index (χ4v) is 3.25. The number of amides is 1. The van der Waals surface area contributed by atoms with Gasteiger partial charge in [0.05, 0.1) is 13.2 Å². The summed E-state index contributed by atoms with van der Waals surface area (Å²) in [7, 11) is 0. The quantitative estimate of drug-likeness (QED) is 0.428. The van der Waals surface area contributed by atoms with E-state index in [0.29, 0.717) is 18.8 Å². The van der Waals surface area contributed by atoms with Crippen LogP contribution in [0.5, 0.6) is 11.5 Å². The minimum atomic E-state index is -0.103. The van der Waals surface area contributed by atoms with Crippen molar-refractivity contribution in [1.82, 2.24) is 0 Å². The van der Waals surface area contributed by atoms with E-state index in [2.05, 4.69) is 31.3 Å². The summed E-state index contributed by atoms with van der Waals surface area (Å²) in [6.07, 6.45) is 2.54. The second-order valence-corrected chi connectivity index (χ2v) is 7.00. The molecule has 0 radical (unpaired) electrons. The molecule has 0 fully saturated rings. The van der Waals surface area contributed by atoms with E-state index < -0.39 is 0 Å². The maximum Gasteiger partial charge on any atom is 0.255 e. The molecule has 1 amide bonds. The highest BCUT2D eigenvalue weighted by molar-refractivity contribution is 6.05. The van der Waals surface area contributed by atoms with E-state index in [4.69, 9.17) is 9.47 Å². The zero-order valence-electron chi connectivity index (χ0n) is 17.7. The van der Waals surface area contributed by atoms with Crippen LogP contribution < -0.4 is 14.8 Å². The Labute approximate surface area is 178 Å². The van der Waals surface area contributed by atoms with E-state index in [1.54, 1.807) is 12.1 Å². The molecule has 0 unspecified atom stereocenters. The molecule has 0 aliphatic heterocycles. The molecule has 0 atom stereocenters. The molecular formula is C26H29NO3. The third-order valence-electron chi connectivity index (χ3n) is 4.92. The van der Waals surface area contributed by atoms with E-state index in [9.17, 15) is 4.79 Å². The van der Waals surface area contributed by atoms with E-state index in [1.165, 1.54) is 0 Å². The Kier molecular flexibility index (Phi) is 7.90. The maximum absolute atomic E-state index is 12.7. The number of para-hydroxylation sites is 2. The minimum Gasteiger partial charge on any atom is -0.493 e. The summed E-state index contributed by atoms with van der Waals surface area (Å²) < 4.78 is 11.4. The first kappa shape index (κ1) is 21.4. The first-order chi connectivity index (χ1) is 14.7. The molecule has 30 heavy (non-hydrogen) atoms. The highest BCUT2D eigenvalue weighted by Crippen LogP contribution is 2.23. The second kappa shape index (κ2) is 11.1. The largest absolute Gasteiger partial charge is 0.493 e. The first-order valence-corrected chi connectivity index (χ1v) is 10.5. The van der Waals surface area contributed by atoms with Crippen molar-refractivity contribution in [2.45, 2.75) is 33.1 Å². The van der Waals surface area contributed by atoms with Crippen molar-refractivity contribution >= 4 is 11.6 Å². The van der Waals surface area contributed by atoms with Crippen molar-refractivity contribution in [2.24, 2.45) is 0 Å². The molecule has 0 saturated heterocycles. The van der Waals surface area contributed by atoms with E-state index in [1.807, 2.05) is 48.5 Å². The lowest BCUT2D eigenvalue weighted by molar-refractivity contribution is 0.102. The lowest BCUT2D eigenvalue weighted by Gasteiger charge is -2.14. The van der Waals surface area contributed by atoms with Crippen molar-refractivity contribution in [3.63, 3.8) is 0 Å². The summed E-state index contributed by atoms with van der Waals surface area (Å²) in [5, 5.41) is 3.10. The molecule has 3 aromatic carbocycles. The summed E-state index contributed by atoms with van der Waals surface area (Å²) >= 11 is 0. The summed E-state index contributed by atoms with van der Waals surface area (Å²) in [6, 6.07) is 23.2. The lowest BCUT2D eigenvalue weighted by Crippen LogP contribution is -2.15. The molecule has 4 heteroatoms. The topological polar surface area (TPSA) is 47.6 Å². The second-order valence-electron chi connectivity index (χ2n) is 7.00. The van der Waals surface area contributed by atoms with Crippen LogP contribution in [0.2, 0.25) is 0 Å². The van der Waals surface area contributed by atoms with Crippen molar-refractivity contribution in [1.29, 1.82) is 0 Å². The minimum absolute atomic E-state index is 0.103. The van der Waals surface area contributed by atoms with Gasteiger partial charge in [-0.05, 0) is 60.4 Å². The van der Waals surface area contributed by atoms with Gasteiger partial charge in [-0.3, -0.25) is 4.79 Å². The molecule has 1 N–H and O–H groups in total. The molecule has 0 aliphatic rings. The zero-order chi connectivity index (χ0) is 21.2. The Balaban J connectivity index is 1.50. The van der Waals surface area contributed by atoms with Crippen LogP contribution in [-0.4, -0.2) is 19.1 Å². The molecule has 4 nitrogen and oxygen atoms in total. The Morgan fingerprint density at radius 1 is 0.733 bits per heavy atom. The Morgan fingerprint density at radius 2 is 1.30 bits per heavy atom. The van der Waals surface area contributed by atoms with Crippen LogP contribution in [0.15, 0.2) is 72.8 Å². The number of anilines is 1. The molecule has 3 rings (SSSR count). The van der Waals surface area contributed by atoms with Gasteiger partial charge in [-0.1, -0.05) is 50.2 Å². The summed E-state index contributed by atoms with van der Waals surface area (Å²) in [5.74, 6) is 1.51. The van der Waals surface area contributed by atoms with Crippen LogP contribution in [0, 0.1) is 0 Å². The number of carbonyl (C=O) groups excluding carboxylic acids is 1. The average molecular weight is 404 g/mol. The predicted octanol–water partition coefficient (Wildman–Crippen LogP) is 5.91. The van der Waals surface area contributed by atoms with Gasteiger partial charge in [-0.15, -0.1) is 0 Å². The summed E-state index contributed by atoms with van der Waals surface area (Å²) in [4.78, 5) is 12.7. The standard InChI is InChI=1S/C26H29NO3/c1-3-20-10-8-11-21(4-2)25(20)27-26(28)22-14-16-24(17-15-22)30-19-9-18-29-23-12-6-5-7-13-23/h5-8,10-17H,3-4,9,18-19H2,1-2H3,(H,27,28). The zero-order valence-corrected chi connectivity index (χ0v) is 17.7. The predicted molar refractivity (Wildman–Crippen MR) is 122 cm³/mol. The molecule has 0 spiro atoms. The van der Waals surface area contributed by atoms with Gasteiger partial charge in [0, 0.05) is 17.7 Å². The van der Waals surface area contributed by atoms with Crippen LogP contribution in [0.3, 0.4) is 0 Å². The van der Waals surface area contributed by atoms with E-state index in [0.717, 1.165) is 47.6 Å². The van der Waals surface area contributed by atoms with Crippen LogP contribution in [0.1, 0.15) is 41.8 Å². The molecule has 0 bridgehead atoms. The number of hydrogen-bond acceptors (Lipinski definition) is 3. The maximum atomic E-state index is 12.7. The van der Waals surface area contributed by atoms with Crippen LogP contribution in [-0.2, 0) is 12.8 Å². The van der Waals surface area contributed by atoms with Gasteiger partial charge in [-0.25, -0.2) is 0 Å². The molecule has 3 aromatic rings. The molecule has 156 valence electrons. The third kappa shape index (κ3) is 5.86.